The number of esters is 3. The minimum Gasteiger partial charge on any atom is -0.462 e. The van der Waals surface area contributed by atoms with Gasteiger partial charge in [0, 0.05) is 19.3 Å². The Balaban J connectivity index is 4.18. The van der Waals surface area contributed by atoms with Crippen molar-refractivity contribution >= 4 is 17.9 Å². The summed E-state index contributed by atoms with van der Waals surface area (Å²) in [6.07, 6.45) is 58.7. The van der Waals surface area contributed by atoms with Crippen LogP contribution < -0.4 is 0 Å². The Morgan fingerprint density at radius 3 is 1.00 bits per heavy atom. The van der Waals surface area contributed by atoms with Crippen LogP contribution in [0.25, 0.3) is 0 Å². The number of carbonyl (C=O) groups is 3. The molecule has 0 aliphatic carbocycles. The minimum atomic E-state index is -0.774. The predicted molar refractivity (Wildman–Crippen MR) is 261 cm³/mol. The van der Waals surface area contributed by atoms with Crippen molar-refractivity contribution in [2.24, 2.45) is 0 Å². The third kappa shape index (κ3) is 48.5. The molecule has 0 saturated carbocycles. The molecule has 0 aliphatic heterocycles. The van der Waals surface area contributed by atoms with E-state index in [4.69, 9.17) is 14.2 Å². The lowest BCUT2D eigenvalue weighted by molar-refractivity contribution is -0.167. The fourth-order valence-electron chi connectivity index (χ4n) is 7.69. The summed E-state index contributed by atoms with van der Waals surface area (Å²) in [7, 11) is 0. The second-order valence-corrected chi connectivity index (χ2v) is 17.8. The highest BCUT2D eigenvalue weighted by atomic mass is 16.6. The lowest BCUT2D eigenvalue weighted by Crippen LogP contribution is -2.30. The van der Waals surface area contributed by atoms with E-state index in [9.17, 15) is 14.4 Å². The number of hydrogen-bond acceptors (Lipinski definition) is 6. The molecule has 0 fully saturated rings. The molecule has 6 nitrogen and oxygen atoms in total. The van der Waals surface area contributed by atoms with Crippen molar-refractivity contribution in [3.05, 3.63) is 36.5 Å². The van der Waals surface area contributed by atoms with Gasteiger partial charge in [0.25, 0.3) is 0 Å². The van der Waals surface area contributed by atoms with Crippen LogP contribution in [0.5, 0.6) is 0 Å². The quantitative estimate of drug-likeness (QED) is 0.0262. The van der Waals surface area contributed by atoms with Gasteiger partial charge < -0.3 is 14.2 Å². The molecule has 0 radical (unpaired) electrons. The Morgan fingerprint density at radius 1 is 0.344 bits per heavy atom. The molecule has 0 aliphatic rings. The highest BCUT2D eigenvalue weighted by Crippen LogP contribution is 2.16. The Kier molecular flexibility index (Phi) is 48.3. The summed E-state index contributed by atoms with van der Waals surface area (Å²) in [5.74, 6) is -0.888. The molecule has 1 unspecified atom stereocenters. The first-order chi connectivity index (χ1) is 30.0. The molecule has 0 aromatic rings. The van der Waals surface area contributed by atoms with E-state index in [1.807, 2.05) is 0 Å². The molecule has 0 aromatic carbocycles. The molecule has 0 aromatic heterocycles. The van der Waals surface area contributed by atoms with Crippen LogP contribution in [0.4, 0.5) is 0 Å². The van der Waals surface area contributed by atoms with Crippen molar-refractivity contribution in [1.82, 2.24) is 0 Å². The van der Waals surface area contributed by atoms with Crippen LogP contribution in [0.3, 0.4) is 0 Å². The van der Waals surface area contributed by atoms with Crippen molar-refractivity contribution in [1.29, 1.82) is 0 Å². The zero-order chi connectivity index (χ0) is 44.4. The van der Waals surface area contributed by atoms with E-state index in [1.165, 1.54) is 141 Å². The first-order valence-corrected chi connectivity index (χ1v) is 26.5. The summed E-state index contributed by atoms with van der Waals surface area (Å²) < 4.78 is 16.7. The number of hydrogen-bond donors (Lipinski definition) is 0. The summed E-state index contributed by atoms with van der Waals surface area (Å²) in [6, 6.07) is 0. The van der Waals surface area contributed by atoms with Gasteiger partial charge in [0.05, 0.1) is 0 Å². The molecule has 0 amide bonds. The third-order valence-electron chi connectivity index (χ3n) is 11.7. The Labute approximate surface area is 378 Å². The van der Waals surface area contributed by atoms with E-state index in [2.05, 4.69) is 57.2 Å². The van der Waals surface area contributed by atoms with E-state index >= 15 is 0 Å². The maximum atomic E-state index is 12.7. The Morgan fingerprint density at radius 2 is 0.639 bits per heavy atom. The van der Waals surface area contributed by atoms with Crippen molar-refractivity contribution in [2.75, 3.05) is 13.2 Å². The van der Waals surface area contributed by atoms with Gasteiger partial charge in [-0.05, 0) is 51.4 Å². The monoisotopic (exact) mass is 857 g/mol. The summed E-state index contributed by atoms with van der Waals surface area (Å²) in [4.78, 5) is 37.8. The molecular formula is C55H100O6. The van der Waals surface area contributed by atoms with Gasteiger partial charge in [0.1, 0.15) is 13.2 Å². The molecule has 0 heterocycles. The van der Waals surface area contributed by atoms with Gasteiger partial charge in [-0.15, -0.1) is 0 Å². The van der Waals surface area contributed by atoms with E-state index in [0.717, 1.165) is 96.3 Å². The van der Waals surface area contributed by atoms with Crippen LogP contribution in [0, 0.1) is 0 Å². The number of ether oxygens (including phenoxy) is 3. The van der Waals surface area contributed by atoms with E-state index < -0.39 is 6.10 Å². The molecule has 0 rings (SSSR count). The van der Waals surface area contributed by atoms with Gasteiger partial charge in [0.15, 0.2) is 6.10 Å². The van der Waals surface area contributed by atoms with Crippen molar-refractivity contribution in [3.63, 3.8) is 0 Å². The standard InChI is InChI=1S/C55H100O6/c1-4-7-10-13-16-18-20-22-24-25-26-27-28-29-31-32-34-36-39-42-45-48-54(57)60-51-52(50-59-53(56)47-44-41-38-15-12-9-6-3)61-55(58)49-46-43-40-37-35-33-30-23-21-19-17-14-11-8-5-2/h8,11,17,19,23,30,52H,4-7,9-10,12-16,18,20-22,24-29,31-51H2,1-3H3/b11-8-,19-17-,30-23-. The molecule has 61 heavy (non-hydrogen) atoms. The summed E-state index contributed by atoms with van der Waals surface area (Å²) in [5.41, 5.74) is 0. The van der Waals surface area contributed by atoms with Gasteiger partial charge in [0.2, 0.25) is 0 Å². The van der Waals surface area contributed by atoms with E-state index in [-0.39, 0.29) is 31.1 Å². The molecule has 0 spiro atoms. The second-order valence-electron chi connectivity index (χ2n) is 17.8. The molecule has 356 valence electrons. The fraction of sp³-hybridized carbons (Fsp3) is 0.836. The summed E-state index contributed by atoms with van der Waals surface area (Å²) >= 11 is 0. The van der Waals surface area contributed by atoms with Crippen molar-refractivity contribution in [2.45, 2.75) is 284 Å². The molecule has 6 heteroatoms. The first-order valence-electron chi connectivity index (χ1n) is 26.5. The van der Waals surface area contributed by atoms with Gasteiger partial charge in [-0.2, -0.15) is 0 Å². The Hall–Kier alpha value is -2.37. The number of carbonyl (C=O) groups excluding carboxylic acids is 3. The average Bonchev–Trinajstić information content (AvgIpc) is 3.26. The first kappa shape index (κ1) is 58.6. The zero-order valence-electron chi connectivity index (χ0n) is 40.7. The van der Waals surface area contributed by atoms with Crippen LogP contribution in [-0.2, 0) is 28.6 Å². The predicted octanol–water partition coefficient (Wildman–Crippen LogP) is 17.3. The van der Waals surface area contributed by atoms with Crippen molar-refractivity contribution in [3.8, 4) is 0 Å². The number of unbranched alkanes of at least 4 members (excludes halogenated alkanes) is 31. The summed E-state index contributed by atoms with van der Waals surface area (Å²) in [5, 5.41) is 0. The topological polar surface area (TPSA) is 78.9 Å². The van der Waals surface area contributed by atoms with Gasteiger partial charge in [-0.3, -0.25) is 14.4 Å². The minimum absolute atomic E-state index is 0.0756. The van der Waals surface area contributed by atoms with Crippen LogP contribution in [0.15, 0.2) is 36.5 Å². The highest BCUT2D eigenvalue weighted by molar-refractivity contribution is 5.71. The van der Waals surface area contributed by atoms with Gasteiger partial charge in [-0.1, -0.05) is 243 Å². The fourth-order valence-corrected chi connectivity index (χ4v) is 7.69. The summed E-state index contributed by atoms with van der Waals surface area (Å²) in [6.45, 7) is 6.50. The highest BCUT2D eigenvalue weighted by Gasteiger charge is 2.19. The van der Waals surface area contributed by atoms with Gasteiger partial charge in [-0.25, -0.2) is 0 Å². The average molecular weight is 857 g/mol. The van der Waals surface area contributed by atoms with Crippen LogP contribution in [0.1, 0.15) is 278 Å². The van der Waals surface area contributed by atoms with E-state index in [0.29, 0.717) is 19.3 Å². The lowest BCUT2D eigenvalue weighted by Gasteiger charge is -2.18. The Bertz CT molecular complexity index is 1030. The zero-order valence-corrected chi connectivity index (χ0v) is 40.7. The largest absolute Gasteiger partial charge is 0.462 e. The molecule has 0 N–H and O–H groups in total. The second kappa shape index (κ2) is 50.3. The van der Waals surface area contributed by atoms with Gasteiger partial charge >= 0.3 is 17.9 Å². The number of rotatable bonds is 48. The molecule has 0 saturated heterocycles. The molecule has 1 atom stereocenters. The van der Waals surface area contributed by atoms with Crippen molar-refractivity contribution < 1.29 is 28.6 Å². The van der Waals surface area contributed by atoms with E-state index in [1.54, 1.807) is 0 Å². The smallest absolute Gasteiger partial charge is 0.306 e. The maximum Gasteiger partial charge on any atom is 0.306 e. The van der Waals surface area contributed by atoms with Crippen LogP contribution in [-0.4, -0.2) is 37.2 Å². The van der Waals surface area contributed by atoms with Crippen LogP contribution >= 0.6 is 0 Å². The SMILES string of the molecule is CC/C=C\C/C=C\C/C=C\CCCCCCCC(=O)OC(COC(=O)CCCCCCCCC)COC(=O)CCCCCCCCCCCCCCCCCCCCCCC. The third-order valence-corrected chi connectivity index (χ3v) is 11.7. The number of allylic oxidation sites excluding steroid dienone is 6. The molecular weight excluding hydrogens is 757 g/mol. The van der Waals surface area contributed by atoms with Crippen LogP contribution in [0.2, 0.25) is 0 Å². The lowest BCUT2D eigenvalue weighted by atomic mass is 10.0. The molecule has 0 bridgehead atoms. The normalized spacial score (nSPS) is 12.2. The maximum absolute atomic E-state index is 12.7.